The first-order chi connectivity index (χ1) is 10.2. The summed E-state index contributed by atoms with van der Waals surface area (Å²) >= 11 is 0. The maximum atomic E-state index is 12.0. The van der Waals surface area contributed by atoms with Crippen molar-refractivity contribution in [3.8, 4) is 11.3 Å². The van der Waals surface area contributed by atoms with Gasteiger partial charge in [-0.05, 0) is 24.6 Å². The maximum absolute atomic E-state index is 12.0. The Morgan fingerprint density at radius 3 is 2.52 bits per heavy atom. The topological polar surface area (TPSA) is 70.7 Å². The van der Waals surface area contributed by atoms with Gasteiger partial charge < -0.3 is 5.32 Å². The molecule has 2 aromatic heterocycles. The monoisotopic (exact) mass is 278 g/mol. The second-order valence-corrected chi connectivity index (χ2v) is 4.72. The molecule has 2 heterocycles. The van der Waals surface area contributed by atoms with Gasteiger partial charge in [-0.15, -0.1) is 0 Å². The molecule has 5 nitrogen and oxygen atoms in total. The number of hydrogen-bond acceptors (Lipinski definition) is 3. The molecule has 0 aliphatic carbocycles. The lowest BCUT2D eigenvalue weighted by Gasteiger charge is -2.00. The standard InChI is InChI=1S/C16H14N4O/c1-11-2-4-12(5-3-11)14-10-15(20-19-14)18-16(21)13-6-8-17-9-7-13/h2-10H,1H3,(H2,18,19,20,21). The lowest BCUT2D eigenvalue weighted by atomic mass is 10.1. The van der Waals surface area contributed by atoms with Crippen molar-refractivity contribution in [3.63, 3.8) is 0 Å². The Balaban J connectivity index is 1.76. The van der Waals surface area contributed by atoms with Gasteiger partial charge in [0.15, 0.2) is 5.82 Å². The highest BCUT2D eigenvalue weighted by Crippen LogP contribution is 2.20. The number of anilines is 1. The quantitative estimate of drug-likeness (QED) is 0.773. The smallest absolute Gasteiger partial charge is 0.256 e. The largest absolute Gasteiger partial charge is 0.305 e. The Kier molecular flexibility index (Phi) is 3.47. The van der Waals surface area contributed by atoms with Crippen molar-refractivity contribution >= 4 is 11.7 Å². The Bertz CT molecular complexity index is 747. The summed E-state index contributed by atoms with van der Waals surface area (Å²) in [7, 11) is 0. The molecule has 0 atom stereocenters. The normalized spacial score (nSPS) is 10.3. The van der Waals surface area contributed by atoms with Crippen LogP contribution < -0.4 is 5.32 Å². The van der Waals surface area contributed by atoms with Crippen molar-refractivity contribution in [2.45, 2.75) is 6.92 Å². The summed E-state index contributed by atoms with van der Waals surface area (Å²) in [6.07, 6.45) is 3.16. The van der Waals surface area contributed by atoms with Gasteiger partial charge in [-0.3, -0.25) is 14.9 Å². The van der Waals surface area contributed by atoms with E-state index in [0.717, 1.165) is 11.3 Å². The third kappa shape index (κ3) is 2.97. The molecular weight excluding hydrogens is 264 g/mol. The lowest BCUT2D eigenvalue weighted by molar-refractivity contribution is 0.102. The van der Waals surface area contributed by atoms with E-state index < -0.39 is 0 Å². The van der Waals surface area contributed by atoms with E-state index in [4.69, 9.17) is 0 Å². The van der Waals surface area contributed by atoms with Crippen molar-refractivity contribution in [2.24, 2.45) is 0 Å². The second-order valence-electron chi connectivity index (χ2n) is 4.72. The first-order valence-corrected chi connectivity index (χ1v) is 6.56. The highest BCUT2D eigenvalue weighted by atomic mass is 16.1. The number of aromatic nitrogens is 3. The van der Waals surface area contributed by atoms with Gasteiger partial charge in [-0.1, -0.05) is 29.8 Å². The van der Waals surface area contributed by atoms with E-state index >= 15 is 0 Å². The molecule has 0 saturated carbocycles. The molecule has 1 aromatic carbocycles. The highest BCUT2D eigenvalue weighted by Gasteiger charge is 2.09. The van der Waals surface area contributed by atoms with E-state index in [-0.39, 0.29) is 5.91 Å². The summed E-state index contributed by atoms with van der Waals surface area (Å²) in [5.41, 5.74) is 3.63. The zero-order valence-corrected chi connectivity index (χ0v) is 11.5. The number of pyridine rings is 1. The Labute approximate surface area is 122 Å². The summed E-state index contributed by atoms with van der Waals surface area (Å²) in [5, 5.41) is 9.78. The minimum Gasteiger partial charge on any atom is -0.305 e. The van der Waals surface area contributed by atoms with E-state index in [1.165, 1.54) is 5.56 Å². The highest BCUT2D eigenvalue weighted by molar-refractivity contribution is 6.03. The summed E-state index contributed by atoms with van der Waals surface area (Å²) in [4.78, 5) is 15.9. The first kappa shape index (κ1) is 13.1. The van der Waals surface area contributed by atoms with Crippen molar-refractivity contribution in [1.82, 2.24) is 15.2 Å². The third-order valence-electron chi connectivity index (χ3n) is 3.12. The summed E-state index contributed by atoms with van der Waals surface area (Å²) < 4.78 is 0. The number of nitrogens with zero attached hydrogens (tertiary/aromatic N) is 2. The summed E-state index contributed by atoms with van der Waals surface area (Å²) in [6.45, 7) is 2.04. The van der Waals surface area contributed by atoms with Crippen LogP contribution in [-0.2, 0) is 0 Å². The van der Waals surface area contributed by atoms with Gasteiger partial charge in [0, 0.05) is 24.0 Å². The van der Waals surface area contributed by atoms with Crippen LogP contribution in [0.5, 0.6) is 0 Å². The fourth-order valence-electron chi connectivity index (χ4n) is 1.96. The first-order valence-electron chi connectivity index (χ1n) is 6.56. The molecule has 0 radical (unpaired) electrons. The molecule has 3 rings (SSSR count). The molecule has 21 heavy (non-hydrogen) atoms. The lowest BCUT2D eigenvalue weighted by Crippen LogP contribution is -2.11. The zero-order chi connectivity index (χ0) is 14.7. The van der Waals surface area contributed by atoms with Gasteiger partial charge in [0.25, 0.3) is 5.91 Å². The minimum absolute atomic E-state index is 0.209. The molecule has 0 bridgehead atoms. The Morgan fingerprint density at radius 2 is 1.81 bits per heavy atom. The molecule has 1 amide bonds. The number of rotatable bonds is 3. The van der Waals surface area contributed by atoms with Crippen LogP contribution in [0.4, 0.5) is 5.82 Å². The van der Waals surface area contributed by atoms with Gasteiger partial charge in [0.2, 0.25) is 0 Å². The van der Waals surface area contributed by atoms with Crippen LogP contribution >= 0.6 is 0 Å². The number of nitrogens with one attached hydrogen (secondary N) is 2. The molecule has 0 fully saturated rings. The molecule has 0 aliphatic heterocycles. The van der Waals surface area contributed by atoms with E-state index in [0.29, 0.717) is 11.4 Å². The van der Waals surface area contributed by atoms with E-state index in [9.17, 15) is 4.79 Å². The molecule has 3 aromatic rings. The van der Waals surface area contributed by atoms with Gasteiger partial charge in [-0.25, -0.2) is 0 Å². The van der Waals surface area contributed by atoms with Gasteiger partial charge in [0.05, 0.1) is 5.69 Å². The SMILES string of the molecule is Cc1ccc(-c2cc(NC(=O)c3ccncc3)n[nH]2)cc1. The third-order valence-corrected chi connectivity index (χ3v) is 3.12. The van der Waals surface area contributed by atoms with Crippen molar-refractivity contribution < 1.29 is 4.79 Å². The molecule has 0 aliphatic rings. The van der Waals surface area contributed by atoms with E-state index in [1.54, 1.807) is 24.5 Å². The predicted octanol–water partition coefficient (Wildman–Crippen LogP) is 3.03. The second kappa shape index (κ2) is 5.58. The van der Waals surface area contributed by atoms with Crippen molar-refractivity contribution in [1.29, 1.82) is 0 Å². The minimum atomic E-state index is -0.209. The van der Waals surface area contributed by atoms with E-state index in [1.807, 2.05) is 37.3 Å². The van der Waals surface area contributed by atoms with Crippen LogP contribution in [0.25, 0.3) is 11.3 Å². The molecule has 5 heteroatoms. The van der Waals surface area contributed by atoms with E-state index in [2.05, 4.69) is 20.5 Å². The number of amides is 1. The molecular formula is C16H14N4O. The van der Waals surface area contributed by atoms with Gasteiger partial charge in [0.1, 0.15) is 0 Å². The number of carbonyl (C=O) groups is 1. The van der Waals surface area contributed by atoms with Gasteiger partial charge >= 0.3 is 0 Å². The average molecular weight is 278 g/mol. The predicted molar refractivity (Wildman–Crippen MR) is 81.0 cm³/mol. The molecule has 104 valence electrons. The Morgan fingerprint density at radius 1 is 1.10 bits per heavy atom. The number of aryl methyl sites for hydroxylation is 1. The van der Waals surface area contributed by atoms with Crippen LogP contribution in [0, 0.1) is 6.92 Å². The zero-order valence-electron chi connectivity index (χ0n) is 11.5. The maximum Gasteiger partial charge on any atom is 0.256 e. The Hall–Kier alpha value is -2.95. The summed E-state index contributed by atoms with van der Waals surface area (Å²) in [6, 6.07) is 13.2. The fourth-order valence-corrected chi connectivity index (χ4v) is 1.96. The molecule has 0 unspecified atom stereocenters. The molecule has 2 N–H and O–H groups in total. The average Bonchev–Trinajstić information content (AvgIpc) is 2.97. The number of aromatic amines is 1. The number of H-pyrrole nitrogens is 1. The van der Waals surface area contributed by atoms with Crippen LogP contribution in [0.15, 0.2) is 54.9 Å². The van der Waals surface area contributed by atoms with Gasteiger partial charge in [-0.2, -0.15) is 5.10 Å². The van der Waals surface area contributed by atoms with Crippen molar-refractivity contribution in [3.05, 3.63) is 66.0 Å². The van der Waals surface area contributed by atoms with Crippen LogP contribution in [0.1, 0.15) is 15.9 Å². The molecule has 0 spiro atoms. The summed E-state index contributed by atoms with van der Waals surface area (Å²) in [5.74, 6) is 0.284. The number of benzene rings is 1. The van der Waals surface area contributed by atoms with Crippen LogP contribution in [-0.4, -0.2) is 21.1 Å². The van der Waals surface area contributed by atoms with Crippen LogP contribution in [0.2, 0.25) is 0 Å². The number of carbonyl (C=O) groups excluding carboxylic acids is 1. The van der Waals surface area contributed by atoms with Crippen LogP contribution in [0.3, 0.4) is 0 Å². The molecule has 0 saturated heterocycles. The fraction of sp³-hybridized carbons (Fsp3) is 0.0625. The van der Waals surface area contributed by atoms with Crippen molar-refractivity contribution in [2.75, 3.05) is 5.32 Å². The number of hydrogen-bond donors (Lipinski definition) is 2.